The second kappa shape index (κ2) is 6.38. The number of aromatic nitrogens is 2. The van der Waals surface area contributed by atoms with E-state index in [4.69, 9.17) is 21.3 Å². The zero-order valence-corrected chi connectivity index (χ0v) is 14.3. The van der Waals surface area contributed by atoms with E-state index in [-0.39, 0.29) is 0 Å². The molecule has 1 aliphatic heterocycles. The second-order valence-electron chi connectivity index (χ2n) is 6.01. The molecule has 2 heterocycles. The minimum atomic E-state index is 0.735. The van der Waals surface area contributed by atoms with Crippen molar-refractivity contribution in [3.8, 4) is 11.1 Å². The smallest absolute Gasteiger partial charge is 0.148 e. The van der Waals surface area contributed by atoms with Crippen molar-refractivity contribution < 1.29 is 4.74 Å². The van der Waals surface area contributed by atoms with Gasteiger partial charge in [-0.15, -0.1) is 0 Å². The zero-order chi connectivity index (χ0) is 16.5. The number of halogens is 1. The molecule has 0 N–H and O–H groups in total. The van der Waals surface area contributed by atoms with Crippen LogP contribution in [0.25, 0.3) is 22.2 Å². The van der Waals surface area contributed by atoms with E-state index in [0.29, 0.717) is 0 Å². The number of anilines is 1. The summed E-state index contributed by atoms with van der Waals surface area (Å²) in [5, 5.41) is 0.747. The Morgan fingerprint density at radius 1 is 1.04 bits per heavy atom. The fourth-order valence-corrected chi connectivity index (χ4v) is 3.20. The Bertz CT molecular complexity index is 891. The van der Waals surface area contributed by atoms with Gasteiger partial charge in [-0.25, -0.2) is 4.98 Å². The molecule has 122 valence electrons. The van der Waals surface area contributed by atoms with Gasteiger partial charge >= 0.3 is 0 Å². The van der Waals surface area contributed by atoms with Crippen molar-refractivity contribution in [2.24, 2.45) is 0 Å². The van der Waals surface area contributed by atoms with Gasteiger partial charge in [0.05, 0.1) is 30.4 Å². The predicted octanol–water partition coefficient (Wildman–Crippen LogP) is 4.10. The van der Waals surface area contributed by atoms with E-state index in [1.165, 1.54) is 5.56 Å². The van der Waals surface area contributed by atoms with E-state index in [2.05, 4.69) is 28.9 Å². The third-order valence-corrected chi connectivity index (χ3v) is 4.63. The number of nitrogens with zero attached hydrogens (tertiary/aromatic N) is 3. The number of ether oxygens (including phenoxy) is 1. The van der Waals surface area contributed by atoms with Crippen LogP contribution in [0, 0.1) is 6.92 Å². The fourth-order valence-electron chi connectivity index (χ4n) is 2.97. The topological polar surface area (TPSA) is 38.2 Å². The maximum atomic E-state index is 6.38. The molecule has 4 rings (SSSR count). The van der Waals surface area contributed by atoms with Crippen LogP contribution in [0.4, 0.5) is 5.82 Å². The highest BCUT2D eigenvalue weighted by Crippen LogP contribution is 2.30. The molecule has 0 spiro atoms. The van der Waals surface area contributed by atoms with Crippen molar-refractivity contribution in [2.75, 3.05) is 31.2 Å². The summed E-state index contributed by atoms with van der Waals surface area (Å²) in [6.07, 6.45) is 1.84. The average molecular weight is 340 g/mol. The predicted molar refractivity (Wildman–Crippen MR) is 97.8 cm³/mol. The van der Waals surface area contributed by atoms with E-state index in [0.717, 1.165) is 59.3 Å². The molecule has 0 atom stereocenters. The van der Waals surface area contributed by atoms with Crippen LogP contribution in [0.2, 0.25) is 5.02 Å². The lowest BCUT2D eigenvalue weighted by Gasteiger charge is -2.27. The highest BCUT2D eigenvalue weighted by Gasteiger charge is 2.14. The molecule has 0 unspecified atom stereocenters. The van der Waals surface area contributed by atoms with Gasteiger partial charge in [0.2, 0.25) is 0 Å². The molecule has 0 bridgehead atoms. The molecule has 1 saturated heterocycles. The van der Waals surface area contributed by atoms with Gasteiger partial charge in [-0.05, 0) is 36.8 Å². The molecular formula is C19H18ClN3O. The molecule has 24 heavy (non-hydrogen) atoms. The second-order valence-corrected chi connectivity index (χ2v) is 6.42. The first kappa shape index (κ1) is 15.4. The summed E-state index contributed by atoms with van der Waals surface area (Å²) < 4.78 is 5.41. The number of fused-ring (bicyclic) bond motifs is 1. The van der Waals surface area contributed by atoms with Crippen LogP contribution in [0.5, 0.6) is 0 Å². The third-order valence-electron chi connectivity index (χ3n) is 4.30. The monoisotopic (exact) mass is 339 g/mol. The Labute approximate surface area is 146 Å². The Morgan fingerprint density at radius 2 is 1.88 bits per heavy atom. The van der Waals surface area contributed by atoms with Crippen LogP contribution in [0.15, 0.2) is 42.6 Å². The summed E-state index contributed by atoms with van der Waals surface area (Å²) in [4.78, 5) is 11.6. The molecule has 0 saturated carbocycles. The Kier molecular flexibility index (Phi) is 4.08. The van der Waals surface area contributed by atoms with Crippen LogP contribution in [0.1, 0.15) is 5.56 Å². The molecule has 0 radical (unpaired) electrons. The van der Waals surface area contributed by atoms with Gasteiger partial charge < -0.3 is 9.64 Å². The average Bonchev–Trinajstić information content (AvgIpc) is 2.63. The highest BCUT2D eigenvalue weighted by molar-refractivity contribution is 6.33. The lowest BCUT2D eigenvalue weighted by atomic mass is 10.0. The quantitative estimate of drug-likeness (QED) is 0.704. The van der Waals surface area contributed by atoms with Gasteiger partial charge in [0, 0.05) is 23.7 Å². The van der Waals surface area contributed by atoms with E-state index in [1.54, 1.807) is 0 Å². The molecule has 1 fully saturated rings. The minimum absolute atomic E-state index is 0.735. The van der Waals surface area contributed by atoms with Crippen molar-refractivity contribution in [3.63, 3.8) is 0 Å². The van der Waals surface area contributed by atoms with Gasteiger partial charge in [-0.3, -0.25) is 4.98 Å². The Morgan fingerprint density at radius 3 is 2.71 bits per heavy atom. The highest BCUT2D eigenvalue weighted by atomic mass is 35.5. The Balaban J connectivity index is 1.77. The van der Waals surface area contributed by atoms with Gasteiger partial charge in [-0.2, -0.15) is 0 Å². The molecular weight excluding hydrogens is 322 g/mol. The van der Waals surface area contributed by atoms with E-state index in [9.17, 15) is 0 Å². The van der Waals surface area contributed by atoms with Crippen LogP contribution >= 0.6 is 11.6 Å². The summed E-state index contributed by atoms with van der Waals surface area (Å²) in [7, 11) is 0. The van der Waals surface area contributed by atoms with Crippen molar-refractivity contribution >= 4 is 28.5 Å². The molecule has 3 aromatic rings. The maximum absolute atomic E-state index is 6.38. The van der Waals surface area contributed by atoms with E-state index < -0.39 is 0 Å². The van der Waals surface area contributed by atoms with E-state index in [1.807, 2.05) is 30.5 Å². The third kappa shape index (κ3) is 2.95. The normalized spacial score (nSPS) is 15.0. The largest absolute Gasteiger partial charge is 0.378 e. The number of benzene rings is 2. The molecule has 0 aliphatic carbocycles. The number of hydrogen-bond donors (Lipinski definition) is 0. The van der Waals surface area contributed by atoms with Crippen LogP contribution < -0.4 is 4.90 Å². The number of morpholine rings is 1. The summed E-state index contributed by atoms with van der Waals surface area (Å²) >= 11 is 6.38. The maximum Gasteiger partial charge on any atom is 0.148 e. The van der Waals surface area contributed by atoms with E-state index >= 15 is 0 Å². The molecule has 1 aromatic heterocycles. The number of rotatable bonds is 2. The standard InChI is InChI=1S/C19H18ClN3O/c1-13-2-4-16(20)15(10-13)14-3-5-17-18(11-14)22-19(12-21-17)23-6-8-24-9-7-23/h2-5,10-12H,6-9H2,1H3. The van der Waals surface area contributed by atoms with Gasteiger partial charge in [0.1, 0.15) is 5.82 Å². The molecule has 5 heteroatoms. The van der Waals surface area contributed by atoms with Crippen molar-refractivity contribution in [3.05, 3.63) is 53.2 Å². The van der Waals surface area contributed by atoms with Crippen LogP contribution in [-0.2, 0) is 4.74 Å². The molecule has 1 aliphatic rings. The molecule has 4 nitrogen and oxygen atoms in total. The van der Waals surface area contributed by atoms with Crippen molar-refractivity contribution in [2.45, 2.75) is 6.92 Å². The van der Waals surface area contributed by atoms with Crippen molar-refractivity contribution in [1.82, 2.24) is 9.97 Å². The SMILES string of the molecule is Cc1ccc(Cl)c(-c2ccc3ncc(N4CCOCC4)nc3c2)c1. The summed E-state index contributed by atoms with van der Waals surface area (Å²) in [5.74, 6) is 0.901. The van der Waals surface area contributed by atoms with Gasteiger partial charge in [-0.1, -0.05) is 29.3 Å². The van der Waals surface area contributed by atoms with Crippen molar-refractivity contribution in [1.29, 1.82) is 0 Å². The van der Waals surface area contributed by atoms with Crippen LogP contribution in [-0.4, -0.2) is 36.3 Å². The first-order valence-corrected chi connectivity index (χ1v) is 8.44. The summed E-state index contributed by atoms with van der Waals surface area (Å²) in [6, 6.07) is 12.2. The zero-order valence-electron chi connectivity index (χ0n) is 13.5. The molecule has 2 aromatic carbocycles. The first-order valence-electron chi connectivity index (χ1n) is 8.07. The minimum Gasteiger partial charge on any atom is -0.378 e. The van der Waals surface area contributed by atoms with Crippen LogP contribution in [0.3, 0.4) is 0 Å². The molecule has 0 amide bonds. The lowest BCUT2D eigenvalue weighted by molar-refractivity contribution is 0.122. The number of hydrogen-bond acceptors (Lipinski definition) is 4. The fraction of sp³-hybridized carbons (Fsp3) is 0.263. The van der Waals surface area contributed by atoms with Gasteiger partial charge in [0.25, 0.3) is 0 Å². The Hall–Kier alpha value is -2.17. The summed E-state index contributed by atoms with van der Waals surface area (Å²) in [5.41, 5.74) is 5.04. The van der Waals surface area contributed by atoms with Gasteiger partial charge in [0.15, 0.2) is 0 Å². The first-order chi connectivity index (χ1) is 11.7. The summed E-state index contributed by atoms with van der Waals surface area (Å²) in [6.45, 7) is 5.24. The number of aryl methyl sites for hydroxylation is 1. The lowest BCUT2D eigenvalue weighted by Crippen LogP contribution is -2.36.